The van der Waals surface area contributed by atoms with Crippen LogP contribution in [0.15, 0.2) is 0 Å². The summed E-state index contributed by atoms with van der Waals surface area (Å²) < 4.78 is 41.9. The van der Waals surface area contributed by atoms with Crippen LogP contribution in [0.3, 0.4) is 0 Å². The lowest BCUT2D eigenvalue weighted by molar-refractivity contribution is -0.182. The quantitative estimate of drug-likeness (QED) is 0.189. The summed E-state index contributed by atoms with van der Waals surface area (Å²) in [6.07, 6.45) is 4.05. The molecule has 5 N–H and O–H groups in total. The Kier molecular flexibility index (Phi) is 25.6. The fraction of sp³-hybridized carbons (Fsp3) is 0.831. The maximum absolute atomic E-state index is 15.2. The van der Waals surface area contributed by atoms with Crippen LogP contribution in [0.25, 0.3) is 0 Å². The van der Waals surface area contributed by atoms with Crippen LogP contribution in [0.4, 0.5) is 13.2 Å². The van der Waals surface area contributed by atoms with Gasteiger partial charge in [0.2, 0.25) is 65.0 Å². The average molecular weight is 1340 g/mol. The summed E-state index contributed by atoms with van der Waals surface area (Å²) >= 11 is 13.0. The van der Waals surface area contributed by atoms with Gasteiger partial charge in [0.25, 0.3) is 0 Å². The van der Waals surface area contributed by atoms with Crippen molar-refractivity contribution < 1.29 is 65.9 Å². The Bertz CT molecular complexity index is 2700. The zero-order valence-corrected chi connectivity index (χ0v) is 57.1. The maximum Gasteiger partial charge on any atom is 0.393 e. The standard InChI is InChI=1S/C65H102Cl2F3N11O11/c1-11-36(2)52-62(91)78(9)40(6)59(88)81-31-27-50(81)56(85)73-48(35-42-18-16-21-44(66)33-42)60(89)77(8)39(5)54(83)72-47(26-24-41-23-25-45(46(67)34-41)65(68,69)70)61(90)80-30-17-22-49(80)57(86)75-64(28-14-15-29-64)63(92)79(10)53(43-19-12-13-20-43)58(87)71-37(3)32-51(82)76(7)38(4)55(84)74-52/h36-50,52-53H,11-35H2,1-10H3,(H,71,87)(H,72,83)(H,73,85)(H,74,84)(H,75,86)/t36-,37+,38-,39+,40-,41?,42?,44?,45?,46?,47-,48-,49-,50-,52-,53-/m0/s1. The second-order valence-corrected chi connectivity index (χ2v) is 29.2. The number of rotatable bonds is 8. The van der Waals surface area contributed by atoms with Gasteiger partial charge in [0, 0.05) is 64.5 Å². The van der Waals surface area contributed by atoms with Gasteiger partial charge in [-0.3, -0.25) is 52.7 Å². The number of fused-ring (bicyclic) bond motifs is 2. The van der Waals surface area contributed by atoms with Gasteiger partial charge in [0.1, 0.15) is 59.9 Å². The molecule has 16 atom stereocenters. The third kappa shape index (κ3) is 17.3. The van der Waals surface area contributed by atoms with Crippen molar-refractivity contribution in [1.82, 2.24) is 56.0 Å². The van der Waals surface area contributed by atoms with Gasteiger partial charge in [-0.05, 0) is 148 Å². The van der Waals surface area contributed by atoms with E-state index in [0.29, 0.717) is 51.4 Å². The van der Waals surface area contributed by atoms with Gasteiger partial charge in [-0.15, -0.1) is 23.2 Å². The van der Waals surface area contributed by atoms with Crippen LogP contribution in [-0.4, -0.2) is 219 Å². The van der Waals surface area contributed by atoms with Crippen LogP contribution in [0, 0.1) is 29.6 Å². The summed E-state index contributed by atoms with van der Waals surface area (Å²) in [4.78, 5) is 169. The molecule has 4 aliphatic carbocycles. The fourth-order valence-corrected chi connectivity index (χ4v) is 16.1. The first-order valence-corrected chi connectivity index (χ1v) is 34.7. The molecule has 22 nitrogen and oxygen atoms in total. The Labute approximate surface area is 550 Å². The van der Waals surface area contributed by atoms with Crippen molar-refractivity contribution in [2.45, 2.75) is 272 Å². The molecule has 3 saturated heterocycles. The molecule has 0 aromatic rings. The first-order chi connectivity index (χ1) is 43.3. The van der Waals surface area contributed by atoms with Gasteiger partial charge < -0.3 is 56.0 Å². The number of carbonyl (C=O) groups excluding carboxylic acids is 11. The summed E-state index contributed by atoms with van der Waals surface area (Å²) in [5, 5.41) is 13.2. The zero-order chi connectivity index (χ0) is 67.8. The summed E-state index contributed by atoms with van der Waals surface area (Å²) in [5.41, 5.74) is -1.47. The molecule has 4 saturated carbocycles. The van der Waals surface area contributed by atoms with E-state index in [0.717, 1.165) is 25.7 Å². The lowest BCUT2D eigenvalue weighted by Crippen LogP contribution is -2.65. The number of hydrogen-bond acceptors (Lipinski definition) is 11. The number of likely N-dealkylation sites (N-methyl/N-ethyl adjacent to an activating group) is 4. The highest BCUT2D eigenvalue weighted by molar-refractivity contribution is 6.21. The number of carbonyl (C=O) groups is 11. The van der Waals surface area contributed by atoms with E-state index in [1.807, 2.05) is 6.92 Å². The van der Waals surface area contributed by atoms with Crippen molar-refractivity contribution in [3.8, 4) is 0 Å². The Balaban J connectivity index is 1.22. The molecule has 7 rings (SSSR count). The van der Waals surface area contributed by atoms with Gasteiger partial charge in [-0.25, -0.2) is 0 Å². The Morgan fingerprint density at radius 2 is 1.16 bits per heavy atom. The van der Waals surface area contributed by atoms with E-state index in [4.69, 9.17) is 23.2 Å². The second-order valence-electron chi connectivity index (χ2n) is 28.0. The number of hydrogen-bond donors (Lipinski definition) is 5. The van der Waals surface area contributed by atoms with Crippen molar-refractivity contribution in [1.29, 1.82) is 0 Å². The van der Waals surface area contributed by atoms with E-state index in [1.54, 1.807) is 20.9 Å². The largest absolute Gasteiger partial charge is 0.393 e. The van der Waals surface area contributed by atoms with Gasteiger partial charge >= 0.3 is 6.18 Å². The molecule has 5 unspecified atom stereocenters. The summed E-state index contributed by atoms with van der Waals surface area (Å²) in [6.45, 7) is 9.99. The highest BCUT2D eigenvalue weighted by Gasteiger charge is 2.52. The van der Waals surface area contributed by atoms with Crippen molar-refractivity contribution in [2.75, 3.05) is 41.3 Å². The molecule has 11 amide bonds. The molecular formula is C65H102Cl2F3N11O11. The number of nitrogens with one attached hydrogen (secondary N) is 5. The molecule has 0 bridgehead atoms. The van der Waals surface area contributed by atoms with Gasteiger partial charge in [0.05, 0.1) is 5.92 Å². The van der Waals surface area contributed by atoms with E-state index in [-0.39, 0.29) is 107 Å². The van der Waals surface area contributed by atoms with E-state index < -0.39 is 154 Å². The lowest BCUT2D eigenvalue weighted by atomic mass is 9.78. The highest BCUT2D eigenvalue weighted by atomic mass is 35.5. The smallest absolute Gasteiger partial charge is 0.351 e. The number of amides is 11. The number of nitrogens with zero attached hydrogens (tertiary/aromatic N) is 6. The molecule has 3 aliphatic heterocycles. The zero-order valence-electron chi connectivity index (χ0n) is 55.6. The van der Waals surface area contributed by atoms with Gasteiger partial charge in [-0.2, -0.15) is 13.2 Å². The topological polar surface area (TPSA) is 267 Å². The maximum atomic E-state index is 15.2. The van der Waals surface area contributed by atoms with Crippen LogP contribution in [0.5, 0.6) is 0 Å². The van der Waals surface area contributed by atoms with Crippen LogP contribution in [0.1, 0.15) is 189 Å². The van der Waals surface area contributed by atoms with Crippen LogP contribution in [-0.2, 0) is 52.7 Å². The highest BCUT2D eigenvalue weighted by Crippen LogP contribution is 2.44. The van der Waals surface area contributed by atoms with Crippen LogP contribution >= 0.6 is 23.2 Å². The van der Waals surface area contributed by atoms with Crippen molar-refractivity contribution in [3.05, 3.63) is 0 Å². The molecular weight excluding hydrogens is 1240 g/mol. The number of halogens is 5. The third-order valence-electron chi connectivity index (χ3n) is 21.8. The minimum atomic E-state index is -4.50. The minimum absolute atomic E-state index is 0.00717. The first-order valence-electron chi connectivity index (χ1n) is 33.9. The second kappa shape index (κ2) is 31.9. The van der Waals surface area contributed by atoms with Crippen molar-refractivity contribution in [2.24, 2.45) is 29.6 Å². The van der Waals surface area contributed by atoms with Gasteiger partial charge in [-0.1, -0.05) is 58.8 Å². The molecule has 92 heavy (non-hydrogen) atoms. The molecule has 3 heterocycles. The monoisotopic (exact) mass is 1340 g/mol. The fourth-order valence-electron chi connectivity index (χ4n) is 15.2. The Morgan fingerprint density at radius 1 is 0.554 bits per heavy atom. The molecule has 1 spiro atoms. The van der Waals surface area contributed by atoms with Crippen molar-refractivity contribution >= 4 is 88.2 Å². The third-order valence-corrected chi connectivity index (χ3v) is 22.7. The van der Waals surface area contributed by atoms with Crippen LogP contribution in [0.2, 0.25) is 0 Å². The molecule has 27 heteroatoms. The average Bonchev–Trinajstić information content (AvgIpc) is 1.64. The van der Waals surface area contributed by atoms with Crippen LogP contribution < -0.4 is 26.6 Å². The summed E-state index contributed by atoms with van der Waals surface area (Å²) in [7, 11) is 5.81. The molecule has 0 radical (unpaired) electrons. The predicted molar refractivity (Wildman–Crippen MR) is 339 cm³/mol. The number of alkyl halides is 5. The molecule has 0 aromatic carbocycles. The molecule has 518 valence electrons. The predicted octanol–water partition coefficient (Wildman–Crippen LogP) is 5.53. The lowest BCUT2D eigenvalue weighted by Gasteiger charge is -2.43. The molecule has 7 aliphatic rings. The van der Waals surface area contributed by atoms with E-state index in [9.17, 15) is 56.3 Å². The molecule has 7 fully saturated rings. The van der Waals surface area contributed by atoms with E-state index in [1.165, 1.54) is 71.3 Å². The Morgan fingerprint density at radius 3 is 1.77 bits per heavy atom. The van der Waals surface area contributed by atoms with Crippen molar-refractivity contribution in [3.63, 3.8) is 0 Å². The Hall–Kier alpha value is -5.46. The SMILES string of the molecule is CC[C@H](C)[C@@H]1NC(=O)[C@H](C)N(C)C(=O)C[C@@H](C)NC(=O)[C@H](C2CCCC2)N(C)C(=O)C2(CCCC2)NC(=O)[C@@H]2CCCN2C(=O)[C@H](CCC2CCC(C(F)(F)F)C(Cl)C2)NC(=O)[C@@H](C)N(C)C(=O)[C@H](CC2CCCC(Cl)C2)NC(=O)[C@@H]2CCN2C(=O)[C@H](C)N(C)C1=O. The van der Waals surface area contributed by atoms with E-state index >= 15 is 9.59 Å². The molecule has 0 aromatic heterocycles. The summed E-state index contributed by atoms with van der Waals surface area (Å²) in [5.74, 6) is -9.44. The normalized spacial score (nSPS) is 34.6. The summed E-state index contributed by atoms with van der Waals surface area (Å²) in [6, 6.07) is -11.1. The van der Waals surface area contributed by atoms with E-state index in [2.05, 4.69) is 26.6 Å². The van der Waals surface area contributed by atoms with Gasteiger partial charge in [0.15, 0.2) is 0 Å². The first kappa shape index (κ1) is 73.9. The minimum Gasteiger partial charge on any atom is -0.351 e.